The Morgan fingerprint density at radius 3 is 2.53 bits per heavy atom. The number of anilines is 1. The first-order chi connectivity index (χ1) is 7.87. The maximum Gasteiger partial charge on any atom is 0.322 e. The monoisotopic (exact) mass is 256 g/mol. The average Bonchev–Trinajstić information content (AvgIpc) is 2.70. The van der Waals surface area contributed by atoms with Crippen LogP contribution >= 0.6 is 11.6 Å². The predicted molar refractivity (Wildman–Crippen MR) is 66.4 cm³/mol. The number of hydrogen-bond donors (Lipinski definition) is 1. The largest absolute Gasteiger partial charge is 0.461 e. The minimum Gasteiger partial charge on any atom is -0.461 e. The summed E-state index contributed by atoms with van der Waals surface area (Å²) in [5, 5.41) is 3.38. The molecule has 1 aromatic rings. The van der Waals surface area contributed by atoms with Crippen molar-refractivity contribution in [3.8, 4) is 6.01 Å². The highest BCUT2D eigenvalue weighted by Crippen LogP contribution is 2.46. The SMILES string of the molecule is CC(C)Oc1nc(Cl)nc(NC2CC2(C)C)n1. The number of nitrogens with zero attached hydrogens (tertiary/aromatic N) is 3. The summed E-state index contributed by atoms with van der Waals surface area (Å²) >= 11 is 5.83. The van der Waals surface area contributed by atoms with Crippen LogP contribution in [0.4, 0.5) is 5.95 Å². The lowest BCUT2D eigenvalue weighted by Gasteiger charge is -2.10. The summed E-state index contributed by atoms with van der Waals surface area (Å²) in [5.74, 6) is 0.483. The van der Waals surface area contributed by atoms with Crippen molar-refractivity contribution in [2.24, 2.45) is 5.41 Å². The molecular formula is C11H17ClN4O. The second-order valence-corrected chi connectivity index (χ2v) is 5.60. The summed E-state index contributed by atoms with van der Waals surface area (Å²) in [6, 6.07) is 0.661. The second kappa shape index (κ2) is 4.29. The van der Waals surface area contributed by atoms with Gasteiger partial charge in [0.2, 0.25) is 11.2 Å². The van der Waals surface area contributed by atoms with Gasteiger partial charge in [-0.05, 0) is 37.3 Å². The van der Waals surface area contributed by atoms with Crippen LogP contribution in [0.25, 0.3) is 0 Å². The van der Waals surface area contributed by atoms with Crippen LogP contribution in [0.2, 0.25) is 5.28 Å². The lowest BCUT2D eigenvalue weighted by atomic mass is 10.2. The van der Waals surface area contributed by atoms with Gasteiger partial charge in [0.05, 0.1) is 6.10 Å². The van der Waals surface area contributed by atoms with E-state index in [0.717, 1.165) is 6.42 Å². The molecule has 0 spiro atoms. The fourth-order valence-corrected chi connectivity index (χ4v) is 1.68. The van der Waals surface area contributed by atoms with E-state index < -0.39 is 0 Å². The van der Waals surface area contributed by atoms with Crippen molar-refractivity contribution < 1.29 is 4.74 Å². The highest BCUT2D eigenvalue weighted by molar-refractivity contribution is 6.28. The van der Waals surface area contributed by atoms with E-state index in [2.05, 4.69) is 34.1 Å². The fourth-order valence-electron chi connectivity index (χ4n) is 1.53. The molecule has 1 heterocycles. The van der Waals surface area contributed by atoms with E-state index in [0.29, 0.717) is 17.4 Å². The zero-order valence-electron chi connectivity index (χ0n) is 10.5. The summed E-state index contributed by atoms with van der Waals surface area (Å²) in [6.45, 7) is 8.21. The van der Waals surface area contributed by atoms with Gasteiger partial charge in [0.1, 0.15) is 0 Å². The van der Waals surface area contributed by atoms with E-state index in [4.69, 9.17) is 16.3 Å². The van der Waals surface area contributed by atoms with E-state index in [-0.39, 0.29) is 17.4 Å². The lowest BCUT2D eigenvalue weighted by molar-refractivity contribution is 0.222. The third-order valence-corrected chi connectivity index (χ3v) is 2.91. The minimum absolute atomic E-state index is 0.0127. The molecule has 94 valence electrons. The Morgan fingerprint density at radius 1 is 1.35 bits per heavy atom. The molecule has 0 aliphatic heterocycles. The quantitative estimate of drug-likeness (QED) is 0.897. The molecular weight excluding hydrogens is 240 g/mol. The first kappa shape index (κ1) is 12.4. The summed E-state index contributed by atoms with van der Waals surface area (Å²) in [6.07, 6.45) is 1.12. The van der Waals surface area contributed by atoms with Crippen LogP contribution in [0.3, 0.4) is 0 Å². The van der Waals surface area contributed by atoms with Gasteiger partial charge < -0.3 is 10.1 Å². The molecule has 0 aromatic carbocycles. The van der Waals surface area contributed by atoms with Crippen LogP contribution in [0.5, 0.6) is 6.01 Å². The van der Waals surface area contributed by atoms with Gasteiger partial charge in [-0.1, -0.05) is 13.8 Å². The Balaban J connectivity index is 2.09. The third-order valence-electron chi connectivity index (χ3n) is 2.75. The van der Waals surface area contributed by atoms with Crippen LogP contribution in [-0.2, 0) is 0 Å². The van der Waals surface area contributed by atoms with Crippen LogP contribution in [-0.4, -0.2) is 27.1 Å². The maximum atomic E-state index is 5.83. The lowest BCUT2D eigenvalue weighted by Crippen LogP contribution is -2.14. The van der Waals surface area contributed by atoms with Crippen molar-refractivity contribution in [1.82, 2.24) is 15.0 Å². The molecule has 1 atom stereocenters. The Hall–Kier alpha value is -1.10. The fraction of sp³-hybridized carbons (Fsp3) is 0.727. The molecule has 0 amide bonds. The minimum atomic E-state index is 0.0127. The molecule has 1 aromatic heterocycles. The molecule has 17 heavy (non-hydrogen) atoms. The Bertz CT molecular complexity index is 422. The van der Waals surface area contributed by atoms with Crippen LogP contribution in [0.1, 0.15) is 34.1 Å². The number of aromatic nitrogens is 3. The molecule has 6 heteroatoms. The first-order valence-electron chi connectivity index (χ1n) is 5.71. The van der Waals surface area contributed by atoms with Crippen molar-refractivity contribution >= 4 is 17.5 Å². The number of nitrogens with one attached hydrogen (secondary N) is 1. The van der Waals surface area contributed by atoms with Gasteiger partial charge in [-0.25, -0.2) is 0 Å². The third kappa shape index (κ3) is 3.19. The summed E-state index contributed by atoms with van der Waals surface area (Å²) < 4.78 is 5.40. The normalized spacial score (nSPS) is 21.4. The molecule has 1 saturated carbocycles. The smallest absolute Gasteiger partial charge is 0.322 e. The molecule has 1 fully saturated rings. The van der Waals surface area contributed by atoms with Crippen molar-refractivity contribution in [3.05, 3.63) is 5.28 Å². The number of halogens is 1. The maximum absolute atomic E-state index is 5.83. The molecule has 1 aliphatic carbocycles. The van der Waals surface area contributed by atoms with Crippen LogP contribution < -0.4 is 10.1 Å². The van der Waals surface area contributed by atoms with Crippen molar-refractivity contribution in [2.45, 2.75) is 46.3 Å². The Labute approximate surface area is 106 Å². The summed E-state index contributed by atoms with van der Waals surface area (Å²) in [4.78, 5) is 12.1. The van der Waals surface area contributed by atoms with Gasteiger partial charge in [0.15, 0.2) is 0 Å². The topological polar surface area (TPSA) is 59.9 Å². The molecule has 0 radical (unpaired) electrons. The highest BCUT2D eigenvalue weighted by Gasteiger charge is 2.46. The average molecular weight is 257 g/mol. The molecule has 1 unspecified atom stereocenters. The molecule has 1 N–H and O–H groups in total. The van der Waals surface area contributed by atoms with Crippen molar-refractivity contribution in [2.75, 3.05) is 5.32 Å². The van der Waals surface area contributed by atoms with Crippen LogP contribution in [0, 0.1) is 5.41 Å². The van der Waals surface area contributed by atoms with E-state index in [1.54, 1.807) is 0 Å². The zero-order valence-corrected chi connectivity index (χ0v) is 11.2. The summed E-state index contributed by atoms with van der Waals surface area (Å²) in [5.41, 5.74) is 0.304. The highest BCUT2D eigenvalue weighted by atomic mass is 35.5. The van der Waals surface area contributed by atoms with Crippen molar-refractivity contribution in [1.29, 1.82) is 0 Å². The second-order valence-electron chi connectivity index (χ2n) is 5.27. The van der Waals surface area contributed by atoms with E-state index in [9.17, 15) is 0 Å². The first-order valence-corrected chi connectivity index (χ1v) is 6.09. The van der Waals surface area contributed by atoms with E-state index in [1.165, 1.54) is 0 Å². The predicted octanol–water partition coefficient (Wildman–Crippen LogP) is 2.52. The standard InChI is InChI=1S/C11H17ClN4O/c1-6(2)17-10-15-8(12)14-9(16-10)13-7-5-11(7,3)4/h6-7H,5H2,1-4H3,(H,13,14,15,16). The molecule has 2 rings (SSSR count). The number of rotatable bonds is 4. The van der Waals surface area contributed by atoms with Gasteiger partial charge in [-0.3, -0.25) is 0 Å². The number of ether oxygens (including phenoxy) is 1. The van der Waals surface area contributed by atoms with Crippen molar-refractivity contribution in [3.63, 3.8) is 0 Å². The summed E-state index contributed by atoms with van der Waals surface area (Å²) in [7, 11) is 0. The van der Waals surface area contributed by atoms with Gasteiger partial charge in [0.25, 0.3) is 0 Å². The molecule has 1 aliphatic rings. The van der Waals surface area contributed by atoms with Gasteiger partial charge >= 0.3 is 6.01 Å². The van der Waals surface area contributed by atoms with E-state index in [1.807, 2.05) is 13.8 Å². The Morgan fingerprint density at radius 2 is 2.00 bits per heavy atom. The molecule has 5 nitrogen and oxygen atoms in total. The Kier molecular flexibility index (Phi) is 3.12. The van der Waals surface area contributed by atoms with Gasteiger partial charge in [-0.15, -0.1) is 0 Å². The molecule has 0 bridgehead atoms. The van der Waals surface area contributed by atoms with E-state index >= 15 is 0 Å². The van der Waals surface area contributed by atoms with Gasteiger partial charge in [-0.2, -0.15) is 15.0 Å². The molecule has 0 saturated heterocycles. The van der Waals surface area contributed by atoms with Gasteiger partial charge in [0, 0.05) is 6.04 Å². The zero-order chi connectivity index (χ0) is 12.6. The van der Waals surface area contributed by atoms with Crippen LogP contribution in [0.15, 0.2) is 0 Å². The number of hydrogen-bond acceptors (Lipinski definition) is 5.